The number of amides is 1. The number of hydrogen-bond donors (Lipinski definition) is 0. The molecular weight excluding hydrogens is 282 g/mol. The van der Waals surface area contributed by atoms with Crippen molar-refractivity contribution in [2.75, 3.05) is 11.4 Å². The Morgan fingerprint density at radius 3 is 2.57 bits per heavy atom. The average molecular weight is 298 g/mol. The van der Waals surface area contributed by atoms with Crippen LogP contribution in [0.1, 0.15) is 17.5 Å². The lowest BCUT2D eigenvalue weighted by atomic mass is 10.0. The first-order valence-electron chi connectivity index (χ1n) is 7.08. The third kappa shape index (κ3) is 3.01. The Labute approximate surface area is 129 Å². The van der Waals surface area contributed by atoms with Gasteiger partial charge < -0.3 is 4.90 Å². The second-order valence-corrected chi connectivity index (χ2v) is 5.50. The topological polar surface area (TPSA) is 20.3 Å². The predicted octanol–water partition coefficient (Wildman–Crippen LogP) is 4.25. The largest absolute Gasteiger partial charge is 0.307 e. The van der Waals surface area contributed by atoms with E-state index >= 15 is 0 Å². The number of benzene rings is 2. The molecule has 0 spiro atoms. The molecule has 1 heterocycles. The van der Waals surface area contributed by atoms with E-state index in [-0.39, 0.29) is 10.9 Å². The number of rotatable bonds is 2. The van der Waals surface area contributed by atoms with Gasteiger partial charge in [0.1, 0.15) is 5.03 Å². The van der Waals surface area contributed by atoms with Gasteiger partial charge in [-0.3, -0.25) is 4.79 Å². The number of carbonyl (C=O) groups excluding carboxylic acids is 1. The first-order chi connectivity index (χ1) is 10.3. The highest BCUT2D eigenvalue weighted by atomic mass is 35.5. The van der Waals surface area contributed by atoms with E-state index in [0.717, 1.165) is 24.1 Å². The smallest absolute Gasteiger partial charge is 0.269 e. The van der Waals surface area contributed by atoms with Crippen molar-refractivity contribution in [2.24, 2.45) is 0 Å². The zero-order valence-electron chi connectivity index (χ0n) is 11.6. The zero-order chi connectivity index (χ0) is 14.7. The van der Waals surface area contributed by atoms with Crippen LogP contribution in [0.25, 0.3) is 6.08 Å². The SMILES string of the molecule is O=C(/C(Cl)=C/c1ccccc1)N1CCCc2ccccc21. The van der Waals surface area contributed by atoms with Crippen molar-refractivity contribution in [3.05, 3.63) is 70.8 Å². The van der Waals surface area contributed by atoms with Gasteiger partial charge in [0.25, 0.3) is 5.91 Å². The number of para-hydroxylation sites is 1. The Bertz CT molecular complexity index is 679. The van der Waals surface area contributed by atoms with Gasteiger partial charge in [-0.25, -0.2) is 0 Å². The minimum absolute atomic E-state index is 0.132. The molecule has 1 aliphatic heterocycles. The van der Waals surface area contributed by atoms with Crippen LogP contribution in [0, 0.1) is 0 Å². The third-order valence-electron chi connectivity index (χ3n) is 3.65. The van der Waals surface area contributed by atoms with Gasteiger partial charge in [-0.1, -0.05) is 60.1 Å². The molecule has 0 bridgehead atoms. The molecule has 3 rings (SSSR count). The number of fused-ring (bicyclic) bond motifs is 1. The van der Waals surface area contributed by atoms with Gasteiger partial charge in [0.2, 0.25) is 0 Å². The van der Waals surface area contributed by atoms with Crippen molar-refractivity contribution in [3.63, 3.8) is 0 Å². The average Bonchev–Trinajstić information content (AvgIpc) is 2.54. The van der Waals surface area contributed by atoms with Crippen molar-refractivity contribution >= 4 is 29.3 Å². The molecule has 0 saturated carbocycles. The van der Waals surface area contributed by atoms with Crippen LogP contribution in [-0.2, 0) is 11.2 Å². The highest BCUT2D eigenvalue weighted by molar-refractivity contribution is 6.46. The molecule has 1 aliphatic rings. The number of carbonyl (C=O) groups is 1. The molecule has 1 amide bonds. The van der Waals surface area contributed by atoms with E-state index in [4.69, 9.17) is 11.6 Å². The summed E-state index contributed by atoms with van der Waals surface area (Å²) in [6.07, 6.45) is 3.71. The molecule has 0 saturated heterocycles. The number of anilines is 1. The van der Waals surface area contributed by atoms with Crippen LogP contribution >= 0.6 is 11.6 Å². The summed E-state index contributed by atoms with van der Waals surface area (Å²) in [5.41, 5.74) is 3.12. The summed E-state index contributed by atoms with van der Waals surface area (Å²) in [5.74, 6) is -0.132. The van der Waals surface area contributed by atoms with Crippen LogP contribution in [0.5, 0.6) is 0 Å². The molecule has 0 N–H and O–H groups in total. The fourth-order valence-corrected chi connectivity index (χ4v) is 2.86. The van der Waals surface area contributed by atoms with Gasteiger partial charge in [-0.2, -0.15) is 0 Å². The molecule has 0 radical (unpaired) electrons. The molecule has 0 aromatic heterocycles. The lowest BCUT2D eigenvalue weighted by Gasteiger charge is -2.29. The van der Waals surface area contributed by atoms with Crippen LogP contribution in [0.3, 0.4) is 0 Å². The van der Waals surface area contributed by atoms with Crippen molar-refractivity contribution in [2.45, 2.75) is 12.8 Å². The van der Waals surface area contributed by atoms with E-state index < -0.39 is 0 Å². The highest BCUT2D eigenvalue weighted by Crippen LogP contribution is 2.28. The first kappa shape index (κ1) is 13.9. The van der Waals surface area contributed by atoms with Crippen molar-refractivity contribution in [1.29, 1.82) is 0 Å². The summed E-state index contributed by atoms with van der Waals surface area (Å²) < 4.78 is 0. The molecule has 0 atom stereocenters. The number of nitrogens with zero attached hydrogens (tertiary/aromatic N) is 1. The molecule has 106 valence electrons. The molecule has 2 aromatic carbocycles. The minimum Gasteiger partial charge on any atom is -0.307 e. The Morgan fingerprint density at radius 1 is 1.05 bits per heavy atom. The summed E-state index contributed by atoms with van der Waals surface area (Å²) in [6, 6.07) is 17.7. The minimum atomic E-state index is -0.132. The van der Waals surface area contributed by atoms with E-state index in [0.29, 0.717) is 6.54 Å². The summed E-state index contributed by atoms with van der Waals surface area (Å²) >= 11 is 6.24. The highest BCUT2D eigenvalue weighted by Gasteiger charge is 2.23. The van der Waals surface area contributed by atoms with Crippen LogP contribution in [0.15, 0.2) is 59.6 Å². The van der Waals surface area contributed by atoms with Gasteiger partial charge in [0.15, 0.2) is 0 Å². The van der Waals surface area contributed by atoms with Crippen LogP contribution < -0.4 is 4.90 Å². The van der Waals surface area contributed by atoms with Gasteiger partial charge in [0.05, 0.1) is 0 Å². The molecule has 0 unspecified atom stereocenters. The van der Waals surface area contributed by atoms with Crippen molar-refractivity contribution in [3.8, 4) is 0 Å². The summed E-state index contributed by atoms with van der Waals surface area (Å²) in [5, 5.41) is 0.248. The number of hydrogen-bond acceptors (Lipinski definition) is 1. The van der Waals surface area contributed by atoms with Gasteiger partial charge in [-0.15, -0.1) is 0 Å². The first-order valence-corrected chi connectivity index (χ1v) is 7.45. The maximum atomic E-state index is 12.6. The van der Waals surface area contributed by atoms with Crippen LogP contribution in [0.2, 0.25) is 0 Å². The van der Waals surface area contributed by atoms with Crippen LogP contribution in [-0.4, -0.2) is 12.5 Å². The zero-order valence-corrected chi connectivity index (χ0v) is 12.4. The van der Waals surface area contributed by atoms with E-state index in [2.05, 4.69) is 6.07 Å². The molecule has 0 fully saturated rings. The Kier molecular flexibility index (Phi) is 4.07. The lowest BCUT2D eigenvalue weighted by molar-refractivity contribution is -0.114. The van der Waals surface area contributed by atoms with E-state index in [1.54, 1.807) is 11.0 Å². The molecule has 2 aromatic rings. The van der Waals surface area contributed by atoms with Crippen molar-refractivity contribution < 1.29 is 4.79 Å². The molecule has 0 aliphatic carbocycles. The molecule has 21 heavy (non-hydrogen) atoms. The van der Waals surface area contributed by atoms with Gasteiger partial charge >= 0.3 is 0 Å². The third-order valence-corrected chi connectivity index (χ3v) is 3.92. The maximum Gasteiger partial charge on any atom is 0.269 e. The van der Waals surface area contributed by atoms with E-state index in [1.807, 2.05) is 48.5 Å². The molecular formula is C18H16ClNO. The molecule has 3 heteroatoms. The lowest BCUT2D eigenvalue weighted by Crippen LogP contribution is -2.35. The van der Waals surface area contributed by atoms with Crippen molar-refractivity contribution in [1.82, 2.24) is 0 Å². The number of halogens is 1. The fraction of sp³-hybridized carbons (Fsp3) is 0.167. The molecule has 2 nitrogen and oxygen atoms in total. The fourth-order valence-electron chi connectivity index (χ4n) is 2.63. The number of aryl methyl sites for hydroxylation is 1. The monoisotopic (exact) mass is 297 g/mol. The van der Waals surface area contributed by atoms with Gasteiger partial charge in [0, 0.05) is 12.2 Å². The second-order valence-electron chi connectivity index (χ2n) is 5.09. The Hall–Kier alpha value is -2.06. The maximum absolute atomic E-state index is 12.6. The Morgan fingerprint density at radius 2 is 1.76 bits per heavy atom. The normalized spacial score (nSPS) is 14.7. The van der Waals surface area contributed by atoms with Crippen LogP contribution in [0.4, 0.5) is 5.69 Å². The van der Waals surface area contributed by atoms with E-state index in [9.17, 15) is 4.79 Å². The second kappa shape index (κ2) is 6.15. The summed E-state index contributed by atoms with van der Waals surface area (Å²) in [4.78, 5) is 14.4. The van der Waals surface area contributed by atoms with E-state index in [1.165, 1.54) is 5.56 Å². The quantitative estimate of drug-likeness (QED) is 0.759. The Balaban J connectivity index is 1.88. The standard InChI is InChI=1S/C18H16ClNO/c19-16(13-14-7-2-1-3-8-14)18(21)20-12-6-10-15-9-4-5-11-17(15)20/h1-5,7-9,11,13H,6,10,12H2/b16-13-. The summed E-state index contributed by atoms with van der Waals surface area (Å²) in [6.45, 7) is 0.717. The predicted molar refractivity (Wildman–Crippen MR) is 87.4 cm³/mol. The summed E-state index contributed by atoms with van der Waals surface area (Å²) in [7, 11) is 0. The van der Waals surface area contributed by atoms with Gasteiger partial charge in [-0.05, 0) is 36.1 Å².